The maximum atomic E-state index is 12.5. The predicted molar refractivity (Wildman–Crippen MR) is 122 cm³/mol. The largest absolute Gasteiger partial charge is 0.478 e. The molecule has 0 unspecified atom stereocenters. The van der Waals surface area contributed by atoms with Gasteiger partial charge in [0.2, 0.25) is 0 Å². The molecule has 31 heavy (non-hydrogen) atoms. The Hall–Kier alpha value is -1.88. The lowest BCUT2D eigenvalue weighted by Gasteiger charge is -2.40. The number of carbonyl (C=O) groups is 1. The van der Waals surface area contributed by atoms with Crippen molar-refractivity contribution in [3.63, 3.8) is 0 Å². The second kappa shape index (κ2) is 9.32. The van der Waals surface area contributed by atoms with Gasteiger partial charge in [-0.1, -0.05) is 18.0 Å². The van der Waals surface area contributed by atoms with Crippen LogP contribution in [-0.2, 0) is 10.0 Å². The monoisotopic (exact) mass is 484 g/mol. The van der Waals surface area contributed by atoms with E-state index in [1.807, 2.05) is 4.90 Å². The Morgan fingerprint density at radius 1 is 1.16 bits per heavy atom. The van der Waals surface area contributed by atoms with Gasteiger partial charge in [-0.3, -0.25) is 4.72 Å². The van der Waals surface area contributed by atoms with Crippen LogP contribution in [0.5, 0.6) is 0 Å². The second-order valence-electron chi connectivity index (χ2n) is 7.88. The average molecular weight is 485 g/mol. The number of sulfonamides is 1. The average Bonchev–Trinajstić information content (AvgIpc) is 3.22. The number of hydrogen-bond donors (Lipinski definition) is 2. The molecule has 2 aliphatic heterocycles. The van der Waals surface area contributed by atoms with Gasteiger partial charge in [0, 0.05) is 19.1 Å². The summed E-state index contributed by atoms with van der Waals surface area (Å²) >= 11 is 6.76. The Bertz CT molecular complexity index is 1050. The van der Waals surface area contributed by atoms with E-state index in [0.29, 0.717) is 16.2 Å². The molecule has 2 aromatic rings. The van der Waals surface area contributed by atoms with Gasteiger partial charge < -0.3 is 14.9 Å². The van der Waals surface area contributed by atoms with Crippen molar-refractivity contribution in [2.75, 3.05) is 35.8 Å². The highest BCUT2D eigenvalue weighted by molar-refractivity contribution is 7.94. The van der Waals surface area contributed by atoms with Crippen molar-refractivity contribution >= 4 is 50.4 Å². The number of thiophene rings is 1. The zero-order valence-corrected chi connectivity index (χ0v) is 19.3. The lowest BCUT2D eigenvalue weighted by molar-refractivity contribution is 0.0697. The minimum absolute atomic E-state index is 0.0131. The van der Waals surface area contributed by atoms with Gasteiger partial charge in [0.25, 0.3) is 10.0 Å². The van der Waals surface area contributed by atoms with Crippen molar-refractivity contribution in [2.45, 2.75) is 42.4 Å². The molecule has 11 heteroatoms. The van der Waals surface area contributed by atoms with Crippen LogP contribution in [0.15, 0.2) is 28.6 Å². The van der Waals surface area contributed by atoms with E-state index in [-0.39, 0.29) is 15.5 Å². The Morgan fingerprint density at radius 3 is 2.48 bits per heavy atom. The number of nitrogens with zero attached hydrogens (tertiary/aromatic N) is 3. The van der Waals surface area contributed by atoms with Crippen LogP contribution in [0.25, 0.3) is 0 Å². The third-order valence-electron chi connectivity index (χ3n) is 5.83. The summed E-state index contributed by atoms with van der Waals surface area (Å²) in [6, 6.07) is 4.77. The summed E-state index contributed by atoms with van der Waals surface area (Å²) in [7, 11) is -3.86. The molecule has 0 spiro atoms. The molecule has 2 aromatic heterocycles. The number of nitrogens with one attached hydrogen (secondary N) is 1. The number of aromatic nitrogens is 1. The molecule has 168 valence electrons. The van der Waals surface area contributed by atoms with Gasteiger partial charge in [-0.05, 0) is 57.0 Å². The third kappa shape index (κ3) is 5.14. The molecule has 0 atom stereocenters. The molecule has 2 aliphatic rings. The second-order valence-corrected chi connectivity index (χ2v) is 11.5. The van der Waals surface area contributed by atoms with Crippen LogP contribution in [0.2, 0.25) is 4.34 Å². The van der Waals surface area contributed by atoms with Crippen LogP contribution in [0.4, 0.5) is 11.5 Å². The van der Waals surface area contributed by atoms with E-state index in [2.05, 4.69) is 14.6 Å². The van der Waals surface area contributed by atoms with Crippen molar-refractivity contribution in [1.82, 2.24) is 9.88 Å². The van der Waals surface area contributed by atoms with E-state index in [1.165, 1.54) is 43.7 Å². The normalized spacial score (nSPS) is 18.8. The highest BCUT2D eigenvalue weighted by Crippen LogP contribution is 2.30. The fourth-order valence-electron chi connectivity index (χ4n) is 4.30. The summed E-state index contributed by atoms with van der Waals surface area (Å²) in [5.41, 5.74) is 0.0923. The molecule has 2 N–H and O–H groups in total. The van der Waals surface area contributed by atoms with Crippen LogP contribution in [0.3, 0.4) is 0 Å². The van der Waals surface area contributed by atoms with E-state index in [0.717, 1.165) is 50.4 Å². The zero-order chi connectivity index (χ0) is 22.0. The molecule has 0 amide bonds. The summed E-state index contributed by atoms with van der Waals surface area (Å²) in [6.45, 7) is 3.75. The van der Waals surface area contributed by atoms with Crippen LogP contribution in [0.1, 0.15) is 42.5 Å². The SMILES string of the molecule is O=C(O)c1cc(NS(=O)(=O)c2ccc(Cl)s2)cnc1N1CCC(N2CCCCC2)CC1. The van der Waals surface area contributed by atoms with Gasteiger partial charge in [0.05, 0.1) is 16.2 Å². The molecule has 4 heterocycles. The fourth-order valence-corrected chi connectivity index (χ4v) is 6.81. The first-order chi connectivity index (χ1) is 14.8. The van der Waals surface area contributed by atoms with E-state index in [1.54, 1.807) is 0 Å². The van der Waals surface area contributed by atoms with Crippen LogP contribution >= 0.6 is 22.9 Å². The Kier molecular flexibility index (Phi) is 6.71. The number of pyridine rings is 1. The zero-order valence-electron chi connectivity index (χ0n) is 17.0. The summed E-state index contributed by atoms with van der Waals surface area (Å²) in [5, 5.41) is 9.73. The Balaban J connectivity index is 1.48. The summed E-state index contributed by atoms with van der Waals surface area (Å²) < 4.78 is 27.8. The number of carboxylic acids is 1. The molecule has 4 rings (SSSR count). The van der Waals surface area contributed by atoms with E-state index < -0.39 is 16.0 Å². The van der Waals surface area contributed by atoms with E-state index >= 15 is 0 Å². The van der Waals surface area contributed by atoms with Crippen molar-refractivity contribution in [2.24, 2.45) is 0 Å². The minimum atomic E-state index is -3.86. The first kappa shape index (κ1) is 22.3. The van der Waals surface area contributed by atoms with E-state index in [9.17, 15) is 18.3 Å². The van der Waals surface area contributed by atoms with Gasteiger partial charge in [0.15, 0.2) is 0 Å². The van der Waals surface area contributed by atoms with E-state index in [4.69, 9.17) is 11.6 Å². The molecule has 0 saturated carbocycles. The Labute approximate surface area is 190 Å². The van der Waals surface area contributed by atoms with Crippen LogP contribution < -0.4 is 9.62 Å². The number of halogens is 1. The maximum Gasteiger partial charge on any atom is 0.339 e. The number of aromatic carboxylic acids is 1. The van der Waals surface area contributed by atoms with Gasteiger partial charge in [-0.25, -0.2) is 18.2 Å². The summed E-state index contributed by atoms with van der Waals surface area (Å²) in [5.74, 6) is -0.757. The quantitative estimate of drug-likeness (QED) is 0.643. The van der Waals surface area contributed by atoms with Crippen molar-refractivity contribution < 1.29 is 18.3 Å². The Morgan fingerprint density at radius 2 is 1.87 bits per heavy atom. The van der Waals surface area contributed by atoms with Gasteiger partial charge in [-0.15, -0.1) is 11.3 Å². The van der Waals surface area contributed by atoms with Crippen LogP contribution in [0, 0.1) is 0 Å². The summed E-state index contributed by atoms with van der Waals surface area (Å²) in [6.07, 6.45) is 7.10. The molecular weight excluding hydrogens is 460 g/mol. The molecular formula is C20H25ClN4O4S2. The fraction of sp³-hybridized carbons (Fsp3) is 0.500. The van der Waals surface area contributed by atoms with Gasteiger partial charge in [-0.2, -0.15) is 0 Å². The number of rotatable bonds is 6. The first-order valence-electron chi connectivity index (χ1n) is 10.3. The lowest BCUT2D eigenvalue weighted by atomic mass is 9.99. The molecule has 8 nitrogen and oxygen atoms in total. The highest BCUT2D eigenvalue weighted by Gasteiger charge is 2.28. The number of carboxylic acid groups (broad SMARTS) is 1. The molecule has 2 saturated heterocycles. The van der Waals surface area contributed by atoms with Crippen LogP contribution in [-0.4, -0.2) is 61.6 Å². The smallest absolute Gasteiger partial charge is 0.339 e. The van der Waals surface area contributed by atoms with Gasteiger partial charge >= 0.3 is 5.97 Å². The number of hydrogen-bond acceptors (Lipinski definition) is 7. The minimum Gasteiger partial charge on any atom is -0.478 e. The lowest BCUT2D eigenvalue weighted by Crippen LogP contribution is -2.47. The number of anilines is 2. The van der Waals surface area contributed by atoms with Crippen molar-refractivity contribution in [1.29, 1.82) is 0 Å². The van der Waals surface area contributed by atoms with Crippen molar-refractivity contribution in [3.05, 3.63) is 34.3 Å². The topological polar surface area (TPSA) is 103 Å². The van der Waals surface area contributed by atoms with Gasteiger partial charge in [0.1, 0.15) is 15.6 Å². The number of likely N-dealkylation sites (tertiary alicyclic amines) is 1. The summed E-state index contributed by atoms with van der Waals surface area (Å²) in [4.78, 5) is 20.8. The molecule has 0 bridgehead atoms. The standard InChI is InChI=1S/C20H25ClN4O4S2/c21-17-4-5-18(30-17)31(28,29)23-14-12-16(20(26)27)19(22-13-14)25-10-6-15(7-11-25)24-8-2-1-3-9-24/h4-5,12-13,15,23H,1-3,6-11H2,(H,26,27). The maximum absolute atomic E-state index is 12.5. The molecule has 0 aromatic carbocycles. The highest BCUT2D eigenvalue weighted by atomic mass is 35.5. The molecule has 2 fully saturated rings. The molecule has 0 radical (unpaired) electrons. The molecule has 0 aliphatic carbocycles. The van der Waals surface area contributed by atoms with Crippen molar-refractivity contribution in [3.8, 4) is 0 Å². The third-order valence-corrected chi connectivity index (χ3v) is 8.94. The number of piperidine rings is 2. The first-order valence-corrected chi connectivity index (χ1v) is 13.0. The predicted octanol–water partition coefficient (Wildman–Crippen LogP) is 3.75.